The summed E-state index contributed by atoms with van der Waals surface area (Å²) in [6, 6.07) is 10.3. The van der Waals surface area contributed by atoms with Crippen LogP contribution >= 0.6 is 11.3 Å². The summed E-state index contributed by atoms with van der Waals surface area (Å²) in [4.78, 5) is 11.1. The number of benzene rings is 1. The summed E-state index contributed by atoms with van der Waals surface area (Å²) < 4.78 is 0. The van der Waals surface area contributed by atoms with E-state index in [2.05, 4.69) is 54.3 Å². The number of aromatic nitrogens is 2. The van der Waals surface area contributed by atoms with E-state index in [1.807, 2.05) is 23.5 Å². The van der Waals surface area contributed by atoms with Crippen LogP contribution in [0.15, 0.2) is 30.5 Å². The van der Waals surface area contributed by atoms with E-state index < -0.39 is 0 Å². The number of aromatic amines is 1. The van der Waals surface area contributed by atoms with Crippen molar-refractivity contribution in [2.45, 2.75) is 45.4 Å². The van der Waals surface area contributed by atoms with Crippen LogP contribution in [-0.2, 0) is 0 Å². The molecule has 1 aliphatic rings. The monoisotopic (exact) mass is 414 g/mol. The second-order valence-corrected chi connectivity index (χ2v) is 9.61. The maximum Gasteiger partial charge on any atom is 0.101 e. The maximum atomic E-state index is 9.51. The summed E-state index contributed by atoms with van der Waals surface area (Å²) in [5.41, 5.74) is 6.54. The SMILES string of the molecule is Cc1c(C2CCNCC2)sc2[nH]c(-c3ccc(C#N)c4ncccc34)c(C(C)C)c12. The van der Waals surface area contributed by atoms with Crippen molar-refractivity contribution in [3.05, 3.63) is 52.0 Å². The van der Waals surface area contributed by atoms with Gasteiger partial charge in [0.2, 0.25) is 0 Å². The van der Waals surface area contributed by atoms with Gasteiger partial charge in [0.1, 0.15) is 10.9 Å². The third-order valence-electron chi connectivity index (χ3n) is 6.41. The van der Waals surface area contributed by atoms with E-state index in [-0.39, 0.29) is 0 Å². The Bertz CT molecular complexity index is 1280. The predicted octanol–water partition coefficient (Wildman–Crippen LogP) is 6.22. The highest BCUT2D eigenvalue weighted by Crippen LogP contribution is 2.46. The van der Waals surface area contributed by atoms with Gasteiger partial charge in [-0.3, -0.25) is 4.98 Å². The number of nitrogens with zero attached hydrogens (tertiary/aromatic N) is 2. The molecule has 152 valence electrons. The summed E-state index contributed by atoms with van der Waals surface area (Å²) in [6.07, 6.45) is 4.21. The lowest BCUT2D eigenvalue weighted by Gasteiger charge is -2.22. The molecule has 2 N–H and O–H groups in total. The first kappa shape index (κ1) is 19.3. The van der Waals surface area contributed by atoms with Crippen molar-refractivity contribution < 1.29 is 0 Å². The highest BCUT2D eigenvalue weighted by molar-refractivity contribution is 7.19. The van der Waals surface area contributed by atoms with Gasteiger partial charge in [0.15, 0.2) is 0 Å². The van der Waals surface area contributed by atoms with Gasteiger partial charge in [0, 0.05) is 27.4 Å². The van der Waals surface area contributed by atoms with Crippen LogP contribution in [0.1, 0.15) is 60.1 Å². The zero-order valence-electron chi connectivity index (χ0n) is 17.7. The Morgan fingerprint density at radius 3 is 2.73 bits per heavy atom. The third-order valence-corrected chi connectivity index (χ3v) is 7.78. The number of pyridine rings is 1. The molecule has 5 rings (SSSR count). The van der Waals surface area contributed by atoms with Crippen molar-refractivity contribution in [1.29, 1.82) is 5.26 Å². The van der Waals surface area contributed by atoms with Crippen molar-refractivity contribution in [3.8, 4) is 17.3 Å². The fourth-order valence-corrected chi connectivity index (χ4v) is 6.39. The van der Waals surface area contributed by atoms with Crippen molar-refractivity contribution in [2.75, 3.05) is 13.1 Å². The third kappa shape index (κ3) is 2.94. The number of hydrogen-bond acceptors (Lipinski definition) is 4. The lowest BCUT2D eigenvalue weighted by molar-refractivity contribution is 0.464. The number of rotatable bonds is 3. The van der Waals surface area contributed by atoms with E-state index in [1.54, 1.807) is 11.1 Å². The van der Waals surface area contributed by atoms with Gasteiger partial charge in [0.05, 0.1) is 16.8 Å². The fourth-order valence-electron chi connectivity index (χ4n) is 4.99. The largest absolute Gasteiger partial charge is 0.346 e. The maximum absolute atomic E-state index is 9.51. The molecular weight excluding hydrogens is 388 g/mol. The lowest BCUT2D eigenvalue weighted by atomic mass is 9.90. The summed E-state index contributed by atoms with van der Waals surface area (Å²) in [5.74, 6) is 1.06. The van der Waals surface area contributed by atoms with Gasteiger partial charge >= 0.3 is 0 Å². The number of hydrogen-bond donors (Lipinski definition) is 2. The predicted molar refractivity (Wildman–Crippen MR) is 125 cm³/mol. The number of fused-ring (bicyclic) bond motifs is 2. The molecule has 1 aliphatic heterocycles. The van der Waals surface area contributed by atoms with Gasteiger partial charge in [-0.25, -0.2) is 0 Å². The summed E-state index contributed by atoms with van der Waals surface area (Å²) in [5, 5.41) is 15.4. The van der Waals surface area contributed by atoms with Crippen LogP contribution in [0.3, 0.4) is 0 Å². The first-order chi connectivity index (χ1) is 14.6. The van der Waals surface area contributed by atoms with Crippen LogP contribution in [0.2, 0.25) is 0 Å². The average molecular weight is 415 g/mol. The highest BCUT2D eigenvalue weighted by Gasteiger charge is 2.26. The van der Waals surface area contributed by atoms with Crippen LogP contribution in [0.4, 0.5) is 0 Å². The molecule has 0 aliphatic carbocycles. The van der Waals surface area contributed by atoms with E-state index in [9.17, 15) is 5.26 Å². The minimum atomic E-state index is 0.394. The van der Waals surface area contributed by atoms with Gasteiger partial charge in [0.25, 0.3) is 0 Å². The Morgan fingerprint density at radius 1 is 1.20 bits per heavy atom. The van der Waals surface area contributed by atoms with Crippen molar-refractivity contribution >= 4 is 32.5 Å². The fraction of sp³-hybridized carbons (Fsp3) is 0.360. The van der Waals surface area contributed by atoms with E-state index in [1.165, 1.54) is 39.9 Å². The standard InChI is InChI=1S/C25H26N4S/c1-14(2)20-21-15(3)24(16-8-11-27-12-9-16)30-25(21)29-23(20)19-7-6-17(13-26)22-18(19)5-4-10-28-22/h4-7,10,14,16,27,29H,8-9,11-12H2,1-3H3. The first-order valence-electron chi connectivity index (χ1n) is 10.7. The topological polar surface area (TPSA) is 64.5 Å². The van der Waals surface area contributed by atoms with Gasteiger partial charge in [-0.05, 0) is 68.0 Å². The zero-order chi connectivity index (χ0) is 20.8. The molecule has 30 heavy (non-hydrogen) atoms. The van der Waals surface area contributed by atoms with Crippen LogP contribution in [0.25, 0.3) is 32.4 Å². The minimum absolute atomic E-state index is 0.394. The molecule has 5 heteroatoms. The molecular formula is C25H26N4S. The molecule has 1 aromatic carbocycles. The normalized spacial score (nSPS) is 15.3. The Hall–Kier alpha value is -2.68. The van der Waals surface area contributed by atoms with E-state index >= 15 is 0 Å². The molecule has 0 bridgehead atoms. The van der Waals surface area contributed by atoms with Crippen LogP contribution in [0, 0.1) is 18.3 Å². The van der Waals surface area contributed by atoms with Gasteiger partial charge < -0.3 is 10.3 Å². The molecule has 4 nitrogen and oxygen atoms in total. The molecule has 4 aromatic rings. The molecule has 0 amide bonds. The molecule has 0 atom stereocenters. The number of thiophene rings is 1. The Labute approximate surface area is 181 Å². The van der Waals surface area contributed by atoms with Crippen molar-refractivity contribution in [2.24, 2.45) is 0 Å². The number of H-pyrrole nitrogens is 1. The molecule has 0 saturated carbocycles. The quantitative estimate of drug-likeness (QED) is 0.418. The number of aryl methyl sites for hydroxylation is 1. The average Bonchev–Trinajstić information content (AvgIpc) is 3.30. The second kappa shape index (κ2) is 7.54. The Morgan fingerprint density at radius 2 is 2.00 bits per heavy atom. The molecule has 3 aromatic heterocycles. The number of piperidine rings is 1. The molecule has 4 heterocycles. The Kier molecular flexibility index (Phi) is 4.85. The van der Waals surface area contributed by atoms with Gasteiger partial charge in [-0.2, -0.15) is 5.26 Å². The summed E-state index contributed by atoms with van der Waals surface area (Å²) in [6.45, 7) is 9.08. The van der Waals surface area contributed by atoms with Gasteiger partial charge in [-0.15, -0.1) is 11.3 Å². The van der Waals surface area contributed by atoms with Crippen LogP contribution < -0.4 is 5.32 Å². The second-order valence-electron chi connectivity index (χ2n) is 8.56. The number of nitriles is 1. The zero-order valence-corrected chi connectivity index (χ0v) is 18.5. The first-order valence-corrected chi connectivity index (χ1v) is 11.6. The van der Waals surface area contributed by atoms with E-state index in [0.29, 0.717) is 17.4 Å². The van der Waals surface area contributed by atoms with E-state index in [4.69, 9.17) is 0 Å². The molecule has 0 radical (unpaired) electrons. The lowest BCUT2D eigenvalue weighted by Crippen LogP contribution is -2.26. The summed E-state index contributed by atoms with van der Waals surface area (Å²) >= 11 is 1.94. The minimum Gasteiger partial charge on any atom is -0.346 e. The Balaban J connectivity index is 1.74. The molecule has 1 fully saturated rings. The van der Waals surface area contributed by atoms with Crippen molar-refractivity contribution in [1.82, 2.24) is 15.3 Å². The molecule has 0 spiro atoms. The molecule has 1 saturated heterocycles. The van der Waals surface area contributed by atoms with E-state index in [0.717, 1.165) is 29.6 Å². The van der Waals surface area contributed by atoms with Crippen LogP contribution in [0.5, 0.6) is 0 Å². The van der Waals surface area contributed by atoms with Crippen LogP contribution in [-0.4, -0.2) is 23.1 Å². The van der Waals surface area contributed by atoms with Gasteiger partial charge in [-0.1, -0.05) is 26.0 Å². The van der Waals surface area contributed by atoms with Crippen molar-refractivity contribution in [3.63, 3.8) is 0 Å². The molecule has 0 unspecified atom stereocenters. The highest BCUT2D eigenvalue weighted by atomic mass is 32.1. The summed E-state index contributed by atoms with van der Waals surface area (Å²) in [7, 11) is 0. The smallest absolute Gasteiger partial charge is 0.101 e. The number of nitrogens with one attached hydrogen (secondary N) is 2.